The van der Waals surface area contributed by atoms with Gasteiger partial charge in [-0.15, -0.1) is 11.3 Å². The largest absolute Gasteiger partial charge is 0.480 e. The van der Waals surface area contributed by atoms with Crippen LogP contribution in [0.2, 0.25) is 0 Å². The van der Waals surface area contributed by atoms with E-state index in [2.05, 4.69) is 10.3 Å². The van der Waals surface area contributed by atoms with Crippen LogP contribution in [0.3, 0.4) is 0 Å². The Labute approximate surface area is 162 Å². The van der Waals surface area contributed by atoms with E-state index in [1.807, 2.05) is 31.2 Å². The Morgan fingerprint density at radius 2 is 1.93 bits per heavy atom. The van der Waals surface area contributed by atoms with Gasteiger partial charge in [-0.3, -0.25) is 0 Å². The molecule has 2 N–H and O–H groups in total. The molecule has 1 heterocycles. The number of carbonyl (C=O) groups excluding carboxylic acids is 1. The van der Waals surface area contributed by atoms with Gasteiger partial charge in [-0.05, 0) is 38.8 Å². The number of hydrogen-bond acceptors (Lipinski definition) is 6. The molecular formula is C19H24N2O5S. The zero-order valence-corrected chi connectivity index (χ0v) is 16.6. The van der Waals surface area contributed by atoms with E-state index >= 15 is 0 Å². The quantitative estimate of drug-likeness (QED) is 0.744. The van der Waals surface area contributed by atoms with Crippen LogP contribution >= 0.6 is 11.3 Å². The van der Waals surface area contributed by atoms with Crippen LogP contribution < -0.4 is 5.32 Å². The molecule has 1 amide bonds. The highest BCUT2D eigenvalue weighted by Gasteiger charge is 2.21. The molecule has 0 radical (unpaired) electrons. The Morgan fingerprint density at radius 1 is 1.26 bits per heavy atom. The van der Waals surface area contributed by atoms with Crippen molar-refractivity contribution in [2.45, 2.75) is 39.3 Å². The van der Waals surface area contributed by atoms with Crippen LogP contribution in [0.5, 0.6) is 0 Å². The first-order valence-corrected chi connectivity index (χ1v) is 9.33. The smallest absolute Gasteiger partial charge is 0.408 e. The van der Waals surface area contributed by atoms with Crippen molar-refractivity contribution in [1.29, 1.82) is 0 Å². The average Bonchev–Trinajstić information content (AvgIpc) is 2.98. The second kappa shape index (κ2) is 8.96. The van der Waals surface area contributed by atoms with Gasteiger partial charge in [-0.2, -0.15) is 0 Å². The molecule has 146 valence electrons. The topological polar surface area (TPSA) is 97.8 Å². The second-order valence-corrected chi connectivity index (χ2v) is 7.85. The molecule has 0 aliphatic carbocycles. The lowest BCUT2D eigenvalue weighted by molar-refractivity contribution is -0.142. The summed E-state index contributed by atoms with van der Waals surface area (Å²) in [6.45, 7) is 6.85. The number of thiazole rings is 1. The summed E-state index contributed by atoms with van der Waals surface area (Å²) < 4.78 is 10.5. The molecule has 0 aliphatic rings. The predicted octanol–water partition coefficient (Wildman–Crippen LogP) is 3.79. The molecular weight excluding hydrogens is 368 g/mol. The number of nitrogens with zero attached hydrogens (tertiary/aromatic N) is 1. The van der Waals surface area contributed by atoms with E-state index in [4.69, 9.17) is 14.6 Å². The van der Waals surface area contributed by atoms with Crippen LogP contribution in [0.4, 0.5) is 4.79 Å². The molecule has 1 aromatic carbocycles. The van der Waals surface area contributed by atoms with Crippen LogP contribution in [0.15, 0.2) is 29.8 Å². The molecule has 2 aromatic rings. The SMILES string of the molecule is Cc1ncsc1-c1ccc([C@H](COCC(=O)O)NC(=O)OC(C)(C)C)cc1. The molecule has 1 atom stereocenters. The number of rotatable bonds is 7. The van der Waals surface area contributed by atoms with Crippen molar-refractivity contribution in [2.24, 2.45) is 0 Å². The highest BCUT2D eigenvalue weighted by Crippen LogP contribution is 2.28. The zero-order valence-electron chi connectivity index (χ0n) is 15.8. The minimum Gasteiger partial charge on any atom is -0.480 e. The molecule has 8 heteroatoms. The van der Waals surface area contributed by atoms with Gasteiger partial charge in [-0.25, -0.2) is 14.6 Å². The summed E-state index contributed by atoms with van der Waals surface area (Å²) in [7, 11) is 0. The first kappa shape index (κ1) is 20.9. The van der Waals surface area contributed by atoms with Crippen molar-refractivity contribution in [3.63, 3.8) is 0 Å². The van der Waals surface area contributed by atoms with E-state index in [1.165, 1.54) is 0 Å². The van der Waals surface area contributed by atoms with Gasteiger partial charge in [0.1, 0.15) is 12.2 Å². The Morgan fingerprint density at radius 3 is 2.44 bits per heavy atom. The summed E-state index contributed by atoms with van der Waals surface area (Å²) in [5.41, 5.74) is 3.94. The lowest BCUT2D eigenvalue weighted by Crippen LogP contribution is -2.37. The van der Waals surface area contributed by atoms with Crippen molar-refractivity contribution in [3.8, 4) is 10.4 Å². The number of aryl methyl sites for hydroxylation is 1. The maximum atomic E-state index is 12.1. The van der Waals surface area contributed by atoms with Gasteiger partial charge in [0.05, 0.1) is 28.7 Å². The van der Waals surface area contributed by atoms with Gasteiger partial charge in [-0.1, -0.05) is 24.3 Å². The van der Waals surface area contributed by atoms with E-state index in [0.717, 1.165) is 21.7 Å². The van der Waals surface area contributed by atoms with Crippen LogP contribution in [0, 0.1) is 6.92 Å². The first-order chi connectivity index (χ1) is 12.7. The standard InChI is InChI=1S/C19H24N2O5S/c1-12-17(27-11-20-12)14-7-5-13(6-8-14)15(9-25-10-16(22)23)21-18(24)26-19(2,3)4/h5-8,11,15H,9-10H2,1-4H3,(H,21,24)(H,22,23)/t15-/m0/s1. The van der Waals surface area contributed by atoms with Crippen molar-refractivity contribution >= 4 is 23.4 Å². The maximum absolute atomic E-state index is 12.1. The van der Waals surface area contributed by atoms with Crippen molar-refractivity contribution in [2.75, 3.05) is 13.2 Å². The number of hydrogen-bond donors (Lipinski definition) is 2. The van der Waals surface area contributed by atoms with Crippen LogP contribution in [-0.2, 0) is 14.3 Å². The van der Waals surface area contributed by atoms with Crippen LogP contribution in [0.25, 0.3) is 10.4 Å². The number of alkyl carbamates (subject to hydrolysis) is 1. The summed E-state index contributed by atoms with van der Waals surface area (Å²) in [5, 5.41) is 11.5. The van der Waals surface area contributed by atoms with E-state index in [1.54, 1.807) is 37.6 Å². The predicted molar refractivity (Wildman–Crippen MR) is 103 cm³/mol. The first-order valence-electron chi connectivity index (χ1n) is 8.45. The van der Waals surface area contributed by atoms with Gasteiger partial charge in [0.25, 0.3) is 0 Å². The molecule has 0 unspecified atom stereocenters. The summed E-state index contributed by atoms with van der Waals surface area (Å²) in [5.74, 6) is -1.07. The molecule has 0 aliphatic heterocycles. The van der Waals surface area contributed by atoms with Crippen LogP contribution in [0.1, 0.15) is 38.1 Å². The molecule has 0 spiro atoms. The third kappa shape index (κ3) is 6.65. The number of amides is 1. The molecule has 0 bridgehead atoms. The second-order valence-electron chi connectivity index (χ2n) is 7.00. The number of carbonyl (C=O) groups is 2. The van der Waals surface area contributed by atoms with Crippen molar-refractivity contribution in [3.05, 3.63) is 41.0 Å². The molecule has 2 rings (SSSR count). The minimum absolute atomic E-state index is 0.0183. The van der Waals surface area contributed by atoms with Gasteiger partial charge < -0.3 is 19.9 Å². The molecule has 1 aromatic heterocycles. The maximum Gasteiger partial charge on any atom is 0.408 e. The summed E-state index contributed by atoms with van der Waals surface area (Å²) in [6.07, 6.45) is -0.589. The fraction of sp³-hybridized carbons (Fsp3) is 0.421. The third-order valence-corrected chi connectivity index (χ3v) is 4.50. The van der Waals surface area contributed by atoms with Crippen molar-refractivity contribution < 1.29 is 24.2 Å². The number of nitrogens with one attached hydrogen (secondary N) is 1. The van der Waals surface area contributed by atoms with E-state index < -0.39 is 30.3 Å². The zero-order chi connectivity index (χ0) is 20.0. The Balaban J connectivity index is 2.14. The van der Waals surface area contributed by atoms with Gasteiger partial charge in [0.2, 0.25) is 0 Å². The number of benzene rings is 1. The number of carboxylic acid groups (broad SMARTS) is 1. The van der Waals surface area contributed by atoms with E-state index in [0.29, 0.717) is 0 Å². The van der Waals surface area contributed by atoms with E-state index in [9.17, 15) is 9.59 Å². The van der Waals surface area contributed by atoms with Gasteiger partial charge in [0.15, 0.2) is 0 Å². The summed E-state index contributed by atoms with van der Waals surface area (Å²) in [6, 6.07) is 7.10. The Bertz CT molecular complexity index is 780. The number of ether oxygens (including phenoxy) is 2. The summed E-state index contributed by atoms with van der Waals surface area (Å²) >= 11 is 1.56. The normalized spacial score (nSPS) is 12.4. The van der Waals surface area contributed by atoms with Gasteiger partial charge in [0, 0.05) is 0 Å². The molecule has 7 nitrogen and oxygen atoms in total. The fourth-order valence-corrected chi connectivity index (χ4v) is 3.19. The third-order valence-electron chi connectivity index (χ3n) is 3.52. The van der Waals surface area contributed by atoms with Crippen LogP contribution in [-0.4, -0.2) is 41.0 Å². The monoisotopic (exact) mass is 392 g/mol. The number of carboxylic acids is 1. The van der Waals surface area contributed by atoms with E-state index in [-0.39, 0.29) is 6.61 Å². The fourth-order valence-electron chi connectivity index (χ4n) is 2.38. The number of aliphatic carboxylic acids is 1. The molecule has 27 heavy (non-hydrogen) atoms. The highest BCUT2D eigenvalue weighted by molar-refractivity contribution is 7.13. The lowest BCUT2D eigenvalue weighted by atomic mass is 10.0. The van der Waals surface area contributed by atoms with Gasteiger partial charge >= 0.3 is 12.1 Å². The van der Waals surface area contributed by atoms with Crippen molar-refractivity contribution in [1.82, 2.24) is 10.3 Å². The minimum atomic E-state index is -1.07. The molecule has 0 saturated carbocycles. The highest BCUT2D eigenvalue weighted by atomic mass is 32.1. The number of aromatic nitrogens is 1. The molecule has 0 fully saturated rings. The lowest BCUT2D eigenvalue weighted by Gasteiger charge is -2.24. The average molecular weight is 392 g/mol. The summed E-state index contributed by atoms with van der Waals surface area (Å²) in [4.78, 5) is 28.2. The molecule has 0 saturated heterocycles. The Hall–Kier alpha value is -2.45. The Kier molecular flexibility index (Phi) is 6.92.